The predicted octanol–water partition coefficient (Wildman–Crippen LogP) is 1.05. The average molecular weight is 223 g/mol. The van der Waals surface area contributed by atoms with Crippen LogP contribution in [0.1, 0.15) is 28.8 Å². The van der Waals surface area contributed by atoms with Crippen molar-refractivity contribution in [3.05, 3.63) is 23.3 Å². The number of ether oxygens (including phenoxy) is 1. The van der Waals surface area contributed by atoms with Crippen molar-refractivity contribution in [3.63, 3.8) is 0 Å². The maximum absolute atomic E-state index is 10.9. The minimum atomic E-state index is -1.19. The molecule has 1 aliphatic carbocycles. The number of carbonyl (C=O) groups is 1. The largest absolute Gasteiger partial charge is 0.504 e. The van der Waals surface area contributed by atoms with Crippen molar-refractivity contribution in [1.82, 2.24) is 0 Å². The van der Waals surface area contributed by atoms with E-state index in [4.69, 9.17) is 15.6 Å². The molecule has 0 heterocycles. The van der Waals surface area contributed by atoms with Crippen LogP contribution in [0.2, 0.25) is 0 Å². The monoisotopic (exact) mass is 223 g/mol. The highest BCUT2D eigenvalue weighted by Crippen LogP contribution is 2.45. The second-order valence-electron chi connectivity index (χ2n) is 4.04. The molecule has 1 aromatic rings. The molecule has 0 radical (unpaired) electrons. The Balaban J connectivity index is 2.57. The van der Waals surface area contributed by atoms with Crippen LogP contribution in [0.4, 0.5) is 0 Å². The van der Waals surface area contributed by atoms with Gasteiger partial charge in [0.25, 0.3) is 0 Å². The summed E-state index contributed by atoms with van der Waals surface area (Å²) in [5.74, 6) is -1.41. The summed E-state index contributed by atoms with van der Waals surface area (Å²) < 4.78 is 4.93. The SMILES string of the molecule is COc1cc(C2(N)CC2)cc(C(=O)O)c1O. The average Bonchev–Trinajstić information content (AvgIpc) is 2.97. The number of phenols is 1. The van der Waals surface area contributed by atoms with Gasteiger partial charge in [-0.05, 0) is 30.5 Å². The minimum Gasteiger partial charge on any atom is -0.504 e. The Morgan fingerprint density at radius 3 is 2.56 bits per heavy atom. The number of aromatic carboxylic acids is 1. The first kappa shape index (κ1) is 10.8. The first-order valence-electron chi connectivity index (χ1n) is 4.91. The Labute approximate surface area is 92.5 Å². The Morgan fingerprint density at radius 2 is 2.12 bits per heavy atom. The van der Waals surface area contributed by atoms with Crippen LogP contribution >= 0.6 is 0 Å². The Bertz CT molecular complexity index is 452. The lowest BCUT2D eigenvalue weighted by atomic mass is 10.0. The highest BCUT2D eigenvalue weighted by Gasteiger charge is 2.41. The van der Waals surface area contributed by atoms with Gasteiger partial charge in [-0.2, -0.15) is 0 Å². The fraction of sp³-hybridized carbons (Fsp3) is 0.364. The zero-order valence-corrected chi connectivity index (χ0v) is 8.86. The third kappa shape index (κ3) is 1.59. The maximum atomic E-state index is 10.9. The molecule has 0 aromatic heterocycles. The smallest absolute Gasteiger partial charge is 0.339 e. The van der Waals surface area contributed by atoms with Gasteiger partial charge in [-0.25, -0.2) is 4.79 Å². The van der Waals surface area contributed by atoms with Gasteiger partial charge in [-0.1, -0.05) is 0 Å². The summed E-state index contributed by atoms with van der Waals surface area (Å²) >= 11 is 0. The lowest BCUT2D eigenvalue weighted by Gasteiger charge is -2.13. The molecule has 0 spiro atoms. The molecule has 5 heteroatoms. The summed E-state index contributed by atoms with van der Waals surface area (Å²) in [6, 6.07) is 3.00. The van der Waals surface area contributed by atoms with Gasteiger partial charge in [0.05, 0.1) is 7.11 Å². The van der Waals surface area contributed by atoms with Crippen LogP contribution in [0.3, 0.4) is 0 Å². The van der Waals surface area contributed by atoms with E-state index in [0.717, 1.165) is 12.8 Å². The lowest BCUT2D eigenvalue weighted by Crippen LogP contribution is -2.19. The number of methoxy groups -OCH3 is 1. The van der Waals surface area contributed by atoms with Crippen molar-refractivity contribution in [1.29, 1.82) is 0 Å². The van der Waals surface area contributed by atoms with Gasteiger partial charge in [-0.15, -0.1) is 0 Å². The van der Waals surface area contributed by atoms with Crippen LogP contribution in [-0.2, 0) is 5.54 Å². The number of rotatable bonds is 3. The van der Waals surface area contributed by atoms with Crippen molar-refractivity contribution in [2.75, 3.05) is 7.11 Å². The normalized spacial score (nSPS) is 16.9. The van der Waals surface area contributed by atoms with Gasteiger partial charge in [0, 0.05) is 5.54 Å². The molecule has 0 unspecified atom stereocenters. The van der Waals surface area contributed by atoms with Crippen LogP contribution in [-0.4, -0.2) is 23.3 Å². The van der Waals surface area contributed by atoms with E-state index in [-0.39, 0.29) is 17.1 Å². The van der Waals surface area contributed by atoms with E-state index >= 15 is 0 Å². The fourth-order valence-electron chi connectivity index (χ4n) is 1.64. The molecule has 4 N–H and O–H groups in total. The number of carboxylic acid groups (broad SMARTS) is 1. The molecule has 0 atom stereocenters. The van der Waals surface area contributed by atoms with Crippen molar-refractivity contribution < 1.29 is 19.7 Å². The number of hydrogen-bond donors (Lipinski definition) is 3. The highest BCUT2D eigenvalue weighted by atomic mass is 16.5. The topological polar surface area (TPSA) is 92.8 Å². The van der Waals surface area contributed by atoms with Gasteiger partial charge in [0.15, 0.2) is 11.5 Å². The van der Waals surface area contributed by atoms with Gasteiger partial charge in [-0.3, -0.25) is 0 Å². The molecule has 0 saturated heterocycles. The van der Waals surface area contributed by atoms with Gasteiger partial charge in [0.1, 0.15) is 5.56 Å². The van der Waals surface area contributed by atoms with Gasteiger partial charge in [0.2, 0.25) is 0 Å². The van der Waals surface area contributed by atoms with Gasteiger partial charge < -0.3 is 20.7 Å². The van der Waals surface area contributed by atoms with Crippen LogP contribution in [0.5, 0.6) is 11.5 Å². The second kappa shape index (κ2) is 3.38. The fourth-order valence-corrected chi connectivity index (χ4v) is 1.64. The lowest BCUT2D eigenvalue weighted by molar-refractivity contribution is 0.0693. The Morgan fingerprint density at radius 1 is 1.50 bits per heavy atom. The molecule has 16 heavy (non-hydrogen) atoms. The van der Waals surface area contributed by atoms with E-state index in [1.165, 1.54) is 13.2 Å². The first-order chi connectivity index (χ1) is 7.48. The predicted molar refractivity (Wildman–Crippen MR) is 56.7 cm³/mol. The first-order valence-corrected chi connectivity index (χ1v) is 4.91. The summed E-state index contributed by atoms with van der Waals surface area (Å²) in [6.07, 6.45) is 1.64. The minimum absolute atomic E-state index is 0.145. The third-order valence-electron chi connectivity index (χ3n) is 2.89. The van der Waals surface area contributed by atoms with Crippen molar-refractivity contribution in [2.24, 2.45) is 5.73 Å². The number of aromatic hydroxyl groups is 1. The highest BCUT2D eigenvalue weighted by molar-refractivity contribution is 5.92. The van der Waals surface area contributed by atoms with E-state index in [2.05, 4.69) is 0 Å². The number of hydrogen-bond acceptors (Lipinski definition) is 4. The Hall–Kier alpha value is -1.75. The molecular formula is C11H13NO4. The molecule has 0 bridgehead atoms. The maximum Gasteiger partial charge on any atom is 0.339 e. The molecule has 5 nitrogen and oxygen atoms in total. The molecule has 0 amide bonds. The molecule has 1 saturated carbocycles. The summed E-state index contributed by atoms with van der Waals surface area (Å²) in [7, 11) is 1.38. The van der Waals surface area contributed by atoms with E-state index in [1.807, 2.05) is 0 Å². The molecule has 1 aliphatic rings. The molecule has 0 aliphatic heterocycles. The molecule has 1 fully saturated rings. The molecule has 86 valence electrons. The van der Waals surface area contributed by atoms with Crippen molar-refractivity contribution in [3.8, 4) is 11.5 Å². The summed E-state index contributed by atoms with van der Waals surface area (Å²) in [5.41, 5.74) is 6.05. The quantitative estimate of drug-likeness (QED) is 0.712. The van der Waals surface area contributed by atoms with Crippen molar-refractivity contribution >= 4 is 5.97 Å². The number of nitrogens with two attached hydrogens (primary N) is 1. The van der Waals surface area contributed by atoms with E-state index in [9.17, 15) is 9.90 Å². The van der Waals surface area contributed by atoms with E-state index in [1.54, 1.807) is 6.07 Å². The van der Waals surface area contributed by atoms with Crippen LogP contribution in [0.15, 0.2) is 12.1 Å². The number of benzene rings is 1. The summed E-state index contributed by atoms with van der Waals surface area (Å²) in [4.78, 5) is 10.9. The Kier molecular flexibility index (Phi) is 2.27. The van der Waals surface area contributed by atoms with Crippen LogP contribution in [0, 0.1) is 0 Å². The standard InChI is InChI=1S/C11H13NO4/c1-16-8-5-6(11(12)2-3-11)4-7(9(8)13)10(14)15/h4-5,13H,2-3,12H2,1H3,(H,14,15). The van der Waals surface area contributed by atoms with Gasteiger partial charge >= 0.3 is 5.97 Å². The van der Waals surface area contributed by atoms with E-state index in [0.29, 0.717) is 5.56 Å². The third-order valence-corrected chi connectivity index (χ3v) is 2.89. The summed E-state index contributed by atoms with van der Waals surface area (Å²) in [6.45, 7) is 0. The second-order valence-corrected chi connectivity index (χ2v) is 4.04. The van der Waals surface area contributed by atoms with Crippen LogP contribution < -0.4 is 10.5 Å². The van der Waals surface area contributed by atoms with Crippen LogP contribution in [0.25, 0.3) is 0 Å². The van der Waals surface area contributed by atoms with Crippen molar-refractivity contribution in [2.45, 2.75) is 18.4 Å². The molecule has 2 rings (SSSR count). The zero-order chi connectivity index (χ0) is 11.9. The zero-order valence-electron chi connectivity index (χ0n) is 8.86. The van der Waals surface area contributed by atoms with E-state index < -0.39 is 11.5 Å². The molecular weight excluding hydrogens is 210 g/mol. The molecule has 1 aromatic carbocycles. The number of carboxylic acids is 1. The summed E-state index contributed by atoms with van der Waals surface area (Å²) in [5, 5.41) is 18.6.